The first-order valence-electron chi connectivity index (χ1n) is 9.89. The predicted molar refractivity (Wildman–Crippen MR) is 108 cm³/mol. The van der Waals surface area contributed by atoms with Gasteiger partial charge in [0.15, 0.2) is 0 Å². The zero-order chi connectivity index (χ0) is 19.2. The number of hydrogen-bond acceptors (Lipinski definition) is 4. The van der Waals surface area contributed by atoms with Gasteiger partial charge in [0.25, 0.3) is 5.91 Å². The number of hydrogen-bond donors (Lipinski definition) is 1. The minimum atomic E-state index is -0.271. The van der Waals surface area contributed by atoms with Crippen molar-refractivity contribution in [2.75, 3.05) is 6.61 Å². The van der Waals surface area contributed by atoms with E-state index in [1.807, 2.05) is 12.1 Å². The first-order chi connectivity index (χ1) is 13.3. The molecular formula is C22H30N2O3. The van der Waals surface area contributed by atoms with E-state index < -0.39 is 0 Å². The molecule has 0 saturated heterocycles. The third-order valence-corrected chi connectivity index (χ3v) is 4.28. The second-order valence-electron chi connectivity index (χ2n) is 6.56. The summed E-state index contributed by atoms with van der Waals surface area (Å²) in [6, 6.07) is 10.6. The number of hydrazone groups is 1. The molecule has 5 nitrogen and oxygen atoms in total. The molecule has 0 aliphatic heterocycles. The summed E-state index contributed by atoms with van der Waals surface area (Å²) in [4.78, 5) is 12.0. The van der Waals surface area contributed by atoms with Crippen LogP contribution in [0.2, 0.25) is 0 Å². The van der Waals surface area contributed by atoms with Crippen molar-refractivity contribution in [3.8, 4) is 5.75 Å². The summed E-state index contributed by atoms with van der Waals surface area (Å²) in [6.07, 6.45) is 13.3. The first kappa shape index (κ1) is 20.7. The number of rotatable bonds is 13. The highest BCUT2D eigenvalue weighted by atomic mass is 16.5. The van der Waals surface area contributed by atoms with Crippen LogP contribution in [-0.4, -0.2) is 18.7 Å². The van der Waals surface area contributed by atoms with Crippen molar-refractivity contribution >= 4 is 12.1 Å². The van der Waals surface area contributed by atoms with Crippen LogP contribution in [0.1, 0.15) is 74.4 Å². The molecule has 0 aliphatic carbocycles. The molecule has 1 aromatic carbocycles. The highest BCUT2D eigenvalue weighted by molar-refractivity contribution is 5.94. The van der Waals surface area contributed by atoms with E-state index in [-0.39, 0.29) is 5.91 Å². The van der Waals surface area contributed by atoms with Gasteiger partial charge in [0.1, 0.15) is 11.5 Å². The Morgan fingerprint density at radius 1 is 1.04 bits per heavy atom. The summed E-state index contributed by atoms with van der Waals surface area (Å²) in [5.41, 5.74) is 3.00. The van der Waals surface area contributed by atoms with E-state index in [0.717, 1.165) is 12.2 Å². The Balaban J connectivity index is 1.59. The molecule has 0 aliphatic rings. The highest BCUT2D eigenvalue weighted by Gasteiger charge is 2.04. The Morgan fingerprint density at radius 2 is 1.74 bits per heavy atom. The molecule has 5 heteroatoms. The standard InChI is InChI=1S/C22H30N2O3/c1-2-3-4-5-6-7-8-9-16-26-20-14-12-19(13-15-20)22(25)24-23-18-21-11-10-17-27-21/h10-15,17-18H,2-9,16H2,1H3,(H,24,25). The van der Waals surface area contributed by atoms with Gasteiger partial charge in [0, 0.05) is 5.56 Å². The van der Waals surface area contributed by atoms with E-state index in [1.165, 1.54) is 51.2 Å². The molecule has 0 radical (unpaired) electrons. The van der Waals surface area contributed by atoms with Crippen molar-refractivity contribution in [1.29, 1.82) is 0 Å². The number of benzene rings is 1. The summed E-state index contributed by atoms with van der Waals surface area (Å²) in [6.45, 7) is 2.96. The molecule has 0 atom stereocenters. The maximum atomic E-state index is 12.0. The molecule has 1 N–H and O–H groups in total. The molecule has 0 unspecified atom stereocenters. The van der Waals surface area contributed by atoms with Crippen LogP contribution >= 0.6 is 0 Å². The fraction of sp³-hybridized carbons (Fsp3) is 0.455. The second kappa shape index (κ2) is 12.7. The van der Waals surface area contributed by atoms with Crippen LogP contribution < -0.4 is 10.2 Å². The molecule has 0 bridgehead atoms. The average molecular weight is 370 g/mol. The topological polar surface area (TPSA) is 63.8 Å². The highest BCUT2D eigenvalue weighted by Crippen LogP contribution is 2.14. The van der Waals surface area contributed by atoms with E-state index >= 15 is 0 Å². The average Bonchev–Trinajstić information content (AvgIpc) is 3.20. The minimum absolute atomic E-state index is 0.271. The molecule has 0 spiro atoms. The molecule has 2 rings (SSSR count). The van der Waals surface area contributed by atoms with Crippen LogP contribution in [0, 0.1) is 0 Å². The van der Waals surface area contributed by atoms with Crippen LogP contribution in [-0.2, 0) is 0 Å². The predicted octanol–water partition coefficient (Wildman–Crippen LogP) is 5.56. The van der Waals surface area contributed by atoms with E-state index in [2.05, 4.69) is 17.5 Å². The monoisotopic (exact) mass is 370 g/mol. The van der Waals surface area contributed by atoms with Crippen molar-refractivity contribution in [1.82, 2.24) is 5.43 Å². The van der Waals surface area contributed by atoms with Gasteiger partial charge in [-0.2, -0.15) is 5.10 Å². The smallest absolute Gasteiger partial charge is 0.271 e. The minimum Gasteiger partial charge on any atom is -0.494 e. The van der Waals surface area contributed by atoms with Gasteiger partial charge in [0.2, 0.25) is 0 Å². The van der Waals surface area contributed by atoms with Crippen molar-refractivity contribution in [2.24, 2.45) is 5.10 Å². The third kappa shape index (κ3) is 8.58. The molecule has 1 aromatic heterocycles. The molecule has 0 saturated carbocycles. The number of carbonyl (C=O) groups excluding carboxylic acids is 1. The number of ether oxygens (including phenoxy) is 1. The summed E-state index contributed by atoms with van der Waals surface area (Å²) < 4.78 is 10.8. The van der Waals surface area contributed by atoms with Gasteiger partial charge < -0.3 is 9.15 Å². The van der Waals surface area contributed by atoms with Crippen LogP contribution in [0.25, 0.3) is 0 Å². The Morgan fingerprint density at radius 3 is 2.41 bits per heavy atom. The lowest BCUT2D eigenvalue weighted by atomic mass is 10.1. The number of unbranched alkanes of at least 4 members (excludes halogenated alkanes) is 7. The van der Waals surface area contributed by atoms with E-state index in [4.69, 9.17) is 9.15 Å². The summed E-state index contributed by atoms with van der Waals surface area (Å²) in [5, 5.41) is 3.86. The zero-order valence-electron chi connectivity index (χ0n) is 16.2. The lowest BCUT2D eigenvalue weighted by Crippen LogP contribution is -2.17. The quantitative estimate of drug-likeness (QED) is 0.285. The van der Waals surface area contributed by atoms with Crippen LogP contribution in [0.15, 0.2) is 52.2 Å². The molecule has 146 valence electrons. The Labute approximate surface area is 161 Å². The fourth-order valence-corrected chi connectivity index (χ4v) is 2.71. The van der Waals surface area contributed by atoms with Gasteiger partial charge in [-0.25, -0.2) is 5.43 Å². The van der Waals surface area contributed by atoms with Crippen LogP contribution in [0.3, 0.4) is 0 Å². The second-order valence-corrected chi connectivity index (χ2v) is 6.56. The molecule has 1 amide bonds. The zero-order valence-corrected chi connectivity index (χ0v) is 16.2. The van der Waals surface area contributed by atoms with Gasteiger partial charge >= 0.3 is 0 Å². The van der Waals surface area contributed by atoms with Gasteiger partial charge in [-0.3, -0.25) is 4.79 Å². The van der Waals surface area contributed by atoms with E-state index in [1.54, 1.807) is 30.5 Å². The maximum absolute atomic E-state index is 12.0. The Bertz CT molecular complexity index is 663. The number of amides is 1. The lowest BCUT2D eigenvalue weighted by Gasteiger charge is -2.07. The maximum Gasteiger partial charge on any atom is 0.271 e. The fourth-order valence-electron chi connectivity index (χ4n) is 2.71. The molecular weight excluding hydrogens is 340 g/mol. The van der Waals surface area contributed by atoms with E-state index in [0.29, 0.717) is 17.9 Å². The number of nitrogens with one attached hydrogen (secondary N) is 1. The van der Waals surface area contributed by atoms with Gasteiger partial charge in [-0.05, 0) is 42.8 Å². The Kier molecular flexibility index (Phi) is 9.79. The summed E-state index contributed by atoms with van der Waals surface area (Å²) in [5.74, 6) is 1.10. The number of nitrogens with zero attached hydrogens (tertiary/aromatic N) is 1. The van der Waals surface area contributed by atoms with E-state index in [9.17, 15) is 4.79 Å². The largest absolute Gasteiger partial charge is 0.494 e. The number of carbonyl (C=O) groups is 1. The summed E-state index contributed by atoms with van der Waals surface area (Å²) in [7, 11) is 0. The molecule has 0 fully saturated rings. The SMILES string of the molecule is CCCCCCCCCCOc1ccc(C(=O)NN=Cc2ccco2)cc1. The van der Waals surface area contributed by atoms with Gasteiger partial charge in [0.05, 0.1) is 19.1 Å². The van der Waals surface area contributed by atoms with Crippen molar-refractivity contribution in [3.05, 3.63) is 54.0 Å². The Hall–Kier alpha value is -2.56. The first-order valence-corrected chi connectivity index (χ1v) is 9.89. The lowest BCUT2D eigenvalue weighted by molar-refractivity contribution is 0.0955. The van der Waals surface area contributed by atoms with Gasteiger partial charge in [-0.1, -0.05) is 51.9 Å². The van der Waals surface area contributed by atoms with Crippen LogP contribution in [0.4, 0.5) is 0 Å². The molecule has 27 heavy (non-hydrogen) atoms. The van der Waals surface area contributed by atoms with Crippen molar-refractivity contribution in [3.63, 3.8) is 0 Å². The van der Waals surface area contributed by atoms with Crippen LogP contribution in [0.5, 0.6) is 5.75 Å². The van der Waals surface area contributed by atoms with Crippen molar-refractivity contribution < 1.29 is 13.9 Å². The number of furan rings is 1. The van der Waals surface area contributed by atoms with Gasteiger partial charge in [-0.15, -0.1) is 0 Å². The molecule has 1 heterocycles. The molecule has 2 aromatic rings. The van der Waals surface area contributed by atoms with Crippen molar-refractivity contribution in [2.45, 2.75) is 58.3 Å². The summed E-state index contributed by atoms with van der Waals surface area (Å²) >= 11 is 0. The third-order valence-electron chi connectivity index (χ3n) is 4.28. The normalized spacial score (nSPS) is 11.0.